The van der Waals surface area contributed by atoms with Crippen molar-refractivity contribution in [2.24, 2.45) is 0 Å². The Morgan fingerprint density at radius 3 is 2.75 bits per heavy atom. The predicted molar refractivity (Wildman–Crippen MR) is 122 cm³/mol. The number of anilines is 1. The van der Waals surface area contributed by atoms with Crippen LogP contribution in [0.5, 0.6) is 0 Å². The number of rotatable bonds is 5. The monoisotopic (exact) mass is 427 g/mol. The molecule has 1 aromatic carbocycles. The smallest absolute Gasteiger partial charge is 0.277 e. The molecule has 0 bridgehead atoms. The zero-order chi connectivity index (χ0) is 21.7. The van der Waals surface area contributed by atoms with Gasteiger partial charge >= 0.3 is 0 Å². The second-order valence-corrected chi connectivity index (χ2v) is 9.00. The summed E-state index contributed by atoms with van der Waals surface area (Å²) in [6.07, 6.45) is 12.4. The zero-order valence-electron chi connectivity index (χ0n) is 18.0. The van der Waals surface area contributed by atoms with Gasteiger partial charge in [0.25, 0.3) is 5.91 Å². The normalized spacial score (nSPS) is 16.7. The van der Waals surface area contributed by atoms with Gasteiger partial charge in [-0.25, -0.2) is 4.98 Å². The Balaban J connectivity index is 1.28. The Bertz CT molecular complexity index is 1290. The quantitative estimate of drug-likeness (QED) is 0.445. The van der Waals surface area contributed by atoms with Crippen molar-refractivity contribution in [3.05, 3.63) is 59.9 Å². The number of nitrogens with zero attached hydrogens (tertiary/aromatic N) is 4. The maximum atomic E-state index is 13.0. The Morgan fingerprint density at radius 2 is 2.00 bits per heavy atom. The van der Waals surface area contributed by atoms with Crippen LogP contribution < -0.4 is 5.32 Å². The van der Waals surface area contributed by atoms with E-state index in [1.54, 1.807) is 6.20 Å². The van der Waals surface area contributed by atoms with E-state index in [-0.39, 0.29) is 11.6 Å². The first kappa shape index (κ1) is 19.2. The summed E-state index contributed by atoms with van der Waals surface area (Å²) in [4.78, 5) is 21.6. The number of oxazole rings is 1. The van der Waals surface area contributed by atoms with E-state index in [1.165, 1.54) is 31.9 Å². The molecule has 3 heterocycles. The minimum Gasteiger partial charge on any atom is -0.444 e. The van der Waals surface area contributed by atoms with Gasteiger partial charge < -0.3 is 9.73 Å². The first-order valence-electron chi connectivity index (χ1n) is 11.4. The molecule has 2 aliphatic rings. The summed E-state index contributed by atoms with van der Waals surface area (Å²) >= 11 is 0. The third kappa shape index (κ3) is 3.57. The van der Waals surface area contributed by atoms with Crippen LogP contribution in [0.4, 0.5) is 5.69 Å². The summed E-state index contributed by atoms with van der Waals surface area (Å²) in [5.41, 5.74) is 4.93. The number of aryl methyl sites for hydroxylation is 1. The summed E-state index contributed by atoms with van der Waals surface area (Å²) in [5, 5.41) is 9.00. The van der Waals surface area contributed by atoms with Crippen LogP contribution >= 0.6 is 0 Å². The SMILES string of the molecule is Cc1ccc(-c2nc(C(=O)Nc3cc4cn(C5CCCC5)nc4cc3C3CC3)co2)cn1. The Morgan fingerprint density at radius 1 is 1.16 bits per heavy atom. The molecule has 0 unspecified atom stereocenters. The van der Waals surface area contributed by atoms with Crippen LogP contribution in [0, 0.1) is 6.92 Å². The third-order valence-corrected chi connectivity index (χ3v) is 6.55. The largest absolute Gasteiger partial charge is 0.444 e. The van der Waals surface area contributed by atoms with Crippen LogP contribution in [-0.4, -0.2) is 25.7 Å². The summed E-state index contributed by atoms with van der Waals surface area (Å²) in [6, 6.07) is 8.48. The second kappa shape index (κ2) is 7.58. The van der Waals surface area contributed by atoms with Crippen molar-refractivity contribution in [2.75, 3.05) is 5.32 Å². The molecular formula is C25H25N5O2. The first-order valence-corrected chi connectivity index (χ1v) is 11.4. The van der Waals surface area contributed by atoms with Gasteiger partial charge in [0, 0.05) is 29.2 Å². The van der Waals surface area contributed by atoms with E-state index in [0.717, 1.165) is 46.3 Å². The Labute approximate surface area is 185 Å². The number of hydrogen-bond donors (Lipinski definition) is 1. The maximum absolute atomic E-state index is 13.0. The number of carbonyl (C=O) groups is 1. The van der Waals surface area contributed by atoms with Crippen LogP contribution in [0.25, 0.3) is 22.4 Å². The number of hydrogen-bond acceptors (Lipinski definition) is 5. The van der Waals surface area contributed by atoms with E-state index in [2.05, 4.69) is 38.3 Å². The molecule has 0 saturated heterocycles. The zero-order valence-corrected chi connectivity index (χ0v) is 18.0. The van der Waals surface area contributed by atoms with Gasteiger partial charge in [0.1, 0.15) is 6.26 Å². The topological polar surface area (TPSA) is 85.8 Å². The molecule has 0 atom stereocenters. The van der Waals surface area contributed by atoms with Crippen molar-refractivity contribution in [1.29, 1.82) is 0 Å². The molecule has 6 rings (SSSR count). The summed E-state index contributed by atoms with van der Waals surface area (Å²) in [5.74, 6) is 0.598. The fraction of sp³-hybridized carbons (Fsp3) is 0.360. The molecule has 2 aliphatic carbocycles. The molecule has 3 aromatic heterocycles. The van der Waals surface area contributed by atoms with E-state index in [9.17, 15) is 4.79 Å². The minimum absolute atomic E-state index is 0.254. The predicted octanol–water partition coefficient (Wildman–Crippen LogP) is 5.64. The molecule has 0 spiro atoms. The highest BCUT2D eigenvalue weighted by atomic mass is 16.3. The van der Waals surface area contributed by atoms with E-state index in [1.807, 2.05) is 19.1 Å². The minimum atomic E-state index is -0.274. The number of carbonyl (C=O) groups excluding carboxylic acids is 1. The Hall–Kier alpha value is -3.48. The average Bonchev–Trinajstić information content (AvgIpc) is 3.21. The highest BCUT2D eigenvalue weighted by Gasteiger charge is 2.28. The molecular weight excluding hydrogens is 402 g/mol. The van der Waals surface area contributed by atoms with E-state index >= 15 is 0 Å². The van der Waals surface area contributed by atoms with Gasteiger partial charge in [-0.15, -0.1) is 0 Å². The Kier molecular flexibility index (Phi) is 4.56. The van der Waals surface area contributed by atoms with Crippen molar-refractivity contribution < 1.29 is 9.21 Å². The molecule has 7 heteroatoms. The van der Waals surface area contributed by atoms with Crippen molar-refractivity contribution in [1.82, 2.24) is 19.7 Å². The lowest BCUT2D eigenvalue weighted by Gasteiger charge is -2.09. The van der Waals surface area contributed by atoms with Crippen LogP contribution in [0.1, 0.15) is 72.2 Å². The molecule has 32 heavy (non-hydrogen) atoms. The van der Waals surface area contributed by atoms with Crippen LogP contribution in [0.2, 0.25) is 0 Å². The lowest BCUT2D eigenvalue weighted by Crippen LogP contribution is -2.13. The molecule has 4 aromatic rings. The van der Waals surface area contributed by atoms with E-state index in [0.29, 0.717) is 17.9 Å². The van der Waals surface area contributed by atoms with Crippen LogP contribution in [-0.2, 0) is 0 Å². The fourth-order valence-corrected chi connectivity index (χ4v) is 4.59. The summed E-state index contributed by atoms with van der Waals surface area (Å²) in [6.45, 7) is 1.92. The van der Waals surface area contributed by atoms with Crippen molar-refractivity contribution in [2.45, 2.75) is 57.4 Å². The highest BCUT2D eigenvalue weighted by Crippen LogP contribution is 2.45. The van der Waals surface area contributed by atoms with Gasteiger partial charge in [-0.2, -0.15) is 5.10 Å². The van der Waals surface area contributed by atoms with Gasteiger partial charge in [-0.3, -0.25) is 14.5 Å². The number of nitrogens with one attached hydrogen (secondary N) is 1. The molecule has 0 radical (unpaired) electrons. The van der Waals surface area contributed by atoms with Crippen LogP contribution in [0.3, 0.4) is 0 Å². The van der Waals surface area contributed by atoms with Crippen LogP contribution in [0.15, 0.2) is 47.3 Å². The molecule has 2 fully saturated rings. The number of fused-ring (bicyclic) bond motifs is 1. The van der Waals surface area contributed by atoms with E-state index in [4.69, 9.17) is 9.52 Å². The average molecular weight is 428 g/mol. The number of aromatic nitrogens is 4. The van der Waals surface area contributed by atoms with E-state index < -0.39 is 0 Å². The molecule has 1 amide bonds. The lowest BCUT2D eigenvalue weighted by atomic mass is 10.1. The second-order valence-electron chi connectivity index (χ2n) is 9.00. The number of benzene rings is 1. The van der Waals surface area contributed by atoms with Gasteiger partial charge in [0.05, 0.1) is 17.1 Å². The molecule has 0 aliphatic heterocycles. The molecule has 162 valence electrons. The fourth-order valence-electron chi connectivity index (χ4n) is 4.59. The van der Waals surface area contributed by atoms with Gasteiger partial charge in [0.2, 0.25) is 5.89 Å². The lowest BCUT2D eigenvalue weighted by molar-refractivity contribution is 0.102. The van der Waals surface area contributed by atoms with Crippen molar-refractivity contribution in [3.63, 3.8) is 0 Å². The third-order valence-electron chi connectivity index (χ3n) is 6.55. The number of pyridine rings is 1. The first-order chi connectivity index (χ1) is 15.6. The number of amides is 1. The molecule has 2 saturated carbocycles. The molecule has 1 N–H and O–H groups in total. The van der Waals surface area contributed by atoms with Gasteiger partial charge in [-0.1, -0.05) is 12.8 Å². The standard InChI is InChI=1S/C25H25N5O2/c1-15-6-7-17(12-26-15)25-28-23(14-32-25)24(31)27-22-10-18-13-30(19-4-2-3-5-19)29-21(18)11-20(22)16-8-9-16/h6-7,10-14,16,19H,2-5,8-9H2,1H3,(H,27,31). The van der Waals surface area contributed by atoms with Gasteiger partial charge in [-0.05, 0) is 68.4 Å². The van der Waals surface area contributed by atoms with Crippen molar-refractivity contribution in [3.8, 4) is 11.5 Å². The maximum Gasteiger partial charge on any atom is 0.277 e. The summed E-state index contributed by atoms with van der Waals surface area (Å²) in [7, 11) is 0. The summed E-state index contributed by atoms with van der Waals surface area (Å²) < 4.78 is 7.67. The molecule has 7 nitrogen and oxygen atoms in total. The van der Waals surface area contributed by atoms with Gasteiger partial charge in [0.15, 0.2) is 5.69 Å². The highest BCUT2D eigenvalue weighted by molar-refractivity contribution is 6.04. The van der Waals surface area contributed by atoms with Crippen molar-refractivity contribution >= 4 is 22.5 Å².